The first-order chi connectivity index (χ1) is 11.1. The molecule has 3 nitrogen and oxygen atoms in total. The quantitative estimate of drug-likeness (QED) is 0.866. The SMILES string of the molecule is O=C(O)C1CCCN1C(c1cccc(F)c1)c1cccc(Br)c1. The van der Waals surface area contributed by atoms with Gasteiger partial charge in [-0.15, -0.1) is 0 Å². The van der Waals surface area contributed by atoms with E-state index in [9.17, 15) is 14.3 Å². The standard InChI is InChI=1S/C18H17BrFNO2/c19-14-6-1-4-12(10-14)17(13-5-2-7-15(20)11-13)21-9-3-8-16(21)18(22)23/h1-2,4-7,10-11,16-17H,3,8-9H2,(H,22,23). The first-order valence-corrected chi connectivity index (χ1v) is 8.35. The van der Waals surface area contributed by atoms with Crippen molar-refractivity contribution in [3.8, 4) is 0 Å². The number of carboxylic acids is 1. The van der Waals surface area contributed by atoms with E-state index in [0.29, 0.717) is 13.0 Å². The summed E-state index contributed by atoms with van der Waals surface area (Å²) in [4.78, 5) is 13.5. The number of aliphatic carboxylic acids is 1. The molecule has 5 heteroatoms. The Morgan fingerprint density at radius 1 is 1.22 bits per heavy atom. The molecule has 2 aromatic carbocycles. The number of rotatable bonds is 4. The van der Waals surface area contributed by atoms with Crippen LogP contribution >= 0.6 is 15.9 Å². The van der Waals surface area contributed by atoms with E-state index in [0.717, 1.165) is 22.0 Å². The van der Waals surface area contributed by atoms with Crippen LogP contribution in [0.5, 0.6) is 0 Å². The maximum atomic E-state index is 13.7. The molecule has 0 saturated carbocycles. The summed E-state index contributed by atoms with van der Waals surface area (Å²) in [6.45, 7) is 0.685. The second-order valence-corrected chi connectivity index (χ2v) is 6.66. The van der Waals surface area contributed by atoms with Crippen LogP contribution in [0.2, 0.25) is 0 Å². The third kappa shape index (κ3) is 3.46. The highest BCUT2D eigenvalue weighted by Gasteiger charge is 2.36. The Balaban J connectivity index is 2.08. The van der Waals surface area contributed by atoms with Crippen LogP contribution in [-0.2, 0) is 4.79 Å². The second kappa shape index (κ2) is 6.81. The third-order valence-corrected chi connectivity index (χ3v) is 4.73. The number of likely N-dealkylation sites (tertiary alicyclic amines) is 1. The lowest BCUT2D eigenvalue weighted by Crippen LogP contribution is -2.39. The molecular weight excluding hydrogens is 361 g/mol. The predicted molar refractivity (Wildman–Crippen MR) is 89.7 cm³/mol. The van der Waals surface area contributed by atoms with Gasteiger partial charge in [0.25, 0.3) is 0 Å². The summed E-state index contributed by atoms with van der Waals surface area (Å²) in [5, 5.41) is 9.51. The molecule has 2 unspecified atom stereocenters. The van der Waals surface area contributed by atoms with Crippen LogP contribution in [0.3, 0.4) is 0 Å². The zero-order chi connectivity index (χ0) is 16.4. The summed E-state index contributed by atoms with van der Waals surface area (Å²) in [6, 6.07) is 13.4. The van der Waals surface area contributed by atoms with Crippen LogP contribution in [-0.4, -0.2) is 28.6 Å². The first-order valence-electron chi connectivity index (χ1n) is 7.56. The van der Waals surface area contributed by atoms with Crippen LogP contribution in [0.15, 0.2) is 53.0 Å². The first kappa shape index (κ1) is 16.1. The molecule has 0 spiro atoms. The van der Waals surface area contributed by atoms with Gasteiger partial charge in [-0.2, -0.15) is 0 Å². The molecule has 0 amide bonds. The highest BCUT2D eigenvalue weighted by molar-refractivity contribution is 9.10. The lowest BCUT2D eigenvalue weighted by Gasteiger charge is -2.32. The Labute approximate surface area is 142 Å². The fourth-order valence-corrected chi connectivity index (χ4v) is 3.71. The van der Waals surface area contributed by atoms with Crippen molar-refractivity contribution in [2.45, 2.75) is 24.9 Å². The van der Waals surface area contributed by atoms with E-state index >= 15 is 0 Å². The topological polar surface area (TPSA) is 40.5 Å². The second-order valence-electron chi connectivity index (χ2n) is 5.75. The molecule has 0 aliphatic carbocycles. The Hall–Kier alpha value is -1.72. The van der Waals surface area contributed by atoms with Crippen molar-refractivity contribution in [3.63, 3.8) is 0 Å². The molecule has 23 heavy (non-hydrogen) atoms. The van der Waals surface area contributed by atoms with Gasteiger partial charge < -0.3 is 5.11 Å². The van der Waals surface area contributed by atoms with E-state index in [1.54, 1.807) is 6.07 Å². The average molecular weight is 378 g/mol. The van der Waals surface area contributed by atoms with Crippen molar-refractivity contribution in [2.75, 3.05) is 6.54 Å². The van der Waals surface area contributed by atoms with Gasteiger partial charge in [0.2, 0.25) is 0 Å². The number of halogens is 2. The number of nitrogens with zero attached hydrogens (tertiary/aromatic N) is 1. The number of hydrogen-bond acceptors (Lipinski definition) is 2. The number of benzene rings is 2. The minimum atomic E-state index is -0.820. The molecule has 2 aromatic rings. The van der Waals surface area contributed by atoms with E-state index < -0.39 is 12.0 Å². The number of hydrogen-bond donors (Lipinski definition) is 1. The molecule has 0 aromatic heterocycles. The van der Waals surface area contributed by atoms with Crippen molar-refractivity contribution in [1.29, 1.82) is 0 Å². The zero-order valence-electron chi connectivity index (χ0n) is 12.5. The van der Waals surface area contributed by atoms with Crippen molar-refractivity contribution in [3.05, 3.63) is 69.9 Å². The predicted octanol–water partition coefficient (Wildman–Crippen LogP) is 4.23. The largest absolute Gasteiger partial charge is 0.480 e. The van der Waals surface area contributed by atoms with Gasteiger partial charge in [0.1, 0.15) is 11.9 Å². The van der Waals surface area contributed by atoms with E-state index in [-0.39, 0.29) is 11.9 Å². The summed E-state index contributed by atoms with van der Waals surface area (Å²) < 4.78 is 14.6. The zero-order valence-corrected chi connectivity index (χ0v) is 14.0. The van der Waals surface area contributed by atoms with Crippen LogP contribution < -0.4 is 0 Å². The molecule has 1 fully saturated rings. The molecule has 120 valence electrons. The lowest BCUT2D eigenvalue weighted by atomic mass is 9.96. The molecule has 3 rings (SSSR count). The van der Waals surface area contributed by atoms with E-state index in [2.05, 4.69) is 15.9 Å². The Kier molecular flexibility index (Phi) is 4.78. The van der Waals surface area contributed by atoms with E-state index in [1.165, 1.54) is 12.1 Å². The van der Waals surface area contributed by atoms with Gasteiger partial charge in [0.05, 0.1) is 6.04 Å². The summed E-state index contributed by atoms with van der Waals surface area (Å²) in [6.07, 6.45) is 1.45. The monoisotopic (exact) mass is 377 g/mol. The fourth-order valence-electron chi connectivity index (χ4n) is 3.29. The van der Waals surface area contributed by atoms with Crippen molar-refractivity contribution >= 4 is 21.9 Å². The minimum absolute atomic E-state index is 0.271. The van der Waals surface area contributed by atoms with Gasteiger partial charge in [0.15, 0.2) is 0 Å². The van der Waals surface area contributed by atoms with Gasteiger partial charge in [0, 0.05) is 11.0 Å². The molecule has 1 heterocycles. The average Bonchev–Trinajstić information content (AvgIpc) is 2.97. The van der Waals surface area contributed by atoms with Gasteiger partial charge in [-0.3, -0.25) is 9.69 Å². The highest BCUT2D eigenvalue weighted by Crippen LogP contribution is 2.35. The summed E-state index contributed by atoms with van der Waals surface area (Å²) in [7, 11) is 0. The van der Waals surface area contributed by atoms with Crippen LogP contribution in [0.1, 0.15) is 30.0 Å². The maximum absolute atomic E-state index is 13.7. The van der Waals surface area contributed by atoms with Crippen LogP contribution in [0, 0.1) is 5.82 Å². The lowest BCUT2D eigenvalue weighted by molar-refractivity contribution is -0.142. The molecular formula is C18H17BrFNO2. The number of carbonyl (C=O) groups is 1. The van der Waals surface area contributed by atoms with Crippen molar-refractivity contribution in [2.24, 2.45) is 0 Å². The van der Waals surface area contributed by atoms with Crippen molar-refractivity contribution in [1.82, 2.24) is 4.90 Å². The smallest absolute Gasteiger partial charge is 0.320 e. The van der Waals surface area contributed by atoms with Crippen molar-refractivity contribution < 1.29 is 14.3 Å². The van der Waals surface area contributed by atoms with Crippen LogP contribution in [0.4, 0.5) is 4.39 Å². The van der Waals surface area contributed by atoms with Gasteiger partial charge in [-0.05, 0) is 48.2 Å². The molecule has 1 saturated heterocycles. The Bertz CT molecular complexity index is 676. The summed E-state index contributed by atoms with van der Waals surface area (Å²) in [5.74, 6) is -1.13. The Morgan fingerprint density at radius 2 is 1.91 bits per heavy atom. The third-order valence-electron chi connectivity index (χ3n) is 4.24. The van der Waals surface area contributed by atoms with E-state index in [4.69, 9.17) is 0 Å². The molecule has 2 atom stereocenters. The molecule has 1 aliphatic rings. The highest BCUT2D eigenvalue weighted by atomic mass is 79.9. The molecule has 1 N–H and O–H groups in total. The Morgan fingerprint density at radius 3 is 2.57 bits per heavy atom. The van der Waals surface area contributed by atoms with E-state index in [1.807, 2.05) is 35.2 Å². The normalized spacial score (nSPS) is 19.7. The summed E-state index contributed by atoms with van der Waals surface area (Å²) >= 11 is 3.46. The van der Waals surface area contributed by atoms with Gasteiger partial charge in [-0.25, -0.2) is 4.39 Å². The number of carboxylic acid groups (broad SMARTS) is 1. The van der Waals surface area contributed by atoms with Gasteiger partial charge in [-0.1, -0.05) is 40.2 Å². The molecule has 0 radical (unpaired) electrons. The fraction of sp³-hybridized carbons (Fsp3) is 0.278. The summed E-state index contributed by atoms with van der Waals surface area (Å²) in [5.41, 5.74) is 1.73. The maximum Gasteiger partial charge on any atom is 0.320 e. The van der Waals surface area contributed by atoms with Gasteiger partial charge >= 0.3 is 5.97 Å². The molecule has 0 bridgehead atoms. The molecule has 1 aliphatic heterocycles. The minimum Gasteiger partial charge on any atom is -0.480 e. The van der Waals surface area contributed by atoms with Crippen LogP contribution in [0.25, 0.3) is 0 Å².